The molecule has 0 aliphatic rings. The first kappa shape index (κ1) is 14.0. The Morgan fingerprint density at radius 2 is 1.94 bits per heavy atom. The van der Waals surface area contributed by atoms with Gasteiger partial charge in [0.05, 0.1) is 6.61 Å². The Bertz CT molecular complexity index is 312. The molecule has 0 aliphatic carbocycles. The highest BCUT2D eigenvalue weighted by molar-refractivity contribution is 5.35. The lowest BCUT2D eigenvalue weighted by Crippen LogP contribution is -2.21. The summed E-state index contributed by atoms with van der Waals surface area (Å²) in [5.74, 6) is 1.03. The van der Waals surface area contributed by atoms with Gasteiger partial charge in [0.2, 0.25) is 0 Å². The molecule has 1 unspecified atom stereocenters. The zero-order valence-electron chi connectivity index (χ0n) is 11.3. The molecule has 0 aliphatic heterocycles. The lowest BCUT2D eigenvalue weighted by molar-refractivity contribution is 0.329. The molecule has 0 heterocycles. The van der Waals surface area contributed by atoms with E-state index in [2.05, 4.69) is 37.4 Å². The van der Waals surface area contributed by atoms with E-state index in [1.165, 1.54) is 24.8 Å². The average molecular weight is 235 g/mol. The van der Waals surface area contributed by atoms with Crippen LogP contribution in [0, 0.1) is 0 Å². The van der Waals surface area contributed by atoms with Crippen LogP contribution in [-0.2, 0) is 0 Å². The summed E-state index contributed by atoms with van der Waals surface area (Å²) in [4.78, 5) is 0. The van der Waals surface area contributed by atoms with E-state index in [4.69, 9.17) is 4.74 Å². The van der Waals surface area contributed by atoms with E-state index in [1.807, 2.05) is 13.0 Å². The fraction of sp³-hybridized carbons (Fsp3) is 0.600. The molecule has 0 fully saturated rings. The van der Waals surface area contributed by atoms with Crippen molar-refractivity contribution >= 4 is 0 Å². The van der Waals surface area contributed by atoms with E-state index in [0.29, 0.717) is 6.04 Å². The molecule has 1 N–H and O–H groups in total. The van der Waals surface area contributed by atoms with E-state index in [9.17, 15) is 0 Å². The molecular formula is C15H25NO. The van der Waals surface area contributed by atoms with Crippen molar-refractivity contribution in [3.63, 3.8) is 0 Å². The van der Waals surface area contributed by atoms with Gasteiger partial charge in [-0.1, -0.05) is 44.9 Å². The number of hydrogen-bond acceptors (Lipinski definition) is 2. The van der Waals surface area contributed by atoms with Crippen LogP contribution in [0.4, 0.5) is 0 Å². The van der Waals surface area contributed by atoms with Crippen LogP contribution in [-0.4, -0.2) is 13.2 Å². The van der Waals surface area contributed by atoms with Crippen molar-refractivity contribution in [2.45, 2.75) is 46.1 Å². The maximum Gasteiger partial charge on any atom is 0.124 e. The highest BCUT2D eigenvalue weighted by Gasteiger charge is 2.14. The molecule has 2 heteroatoms. The molecule has 2 nitrogen and oxygen atoms in total. The second-order valence-corrected chi connectivity index (χ2v) is 4.22. The van der Waals surface area contributed by atoms with Crippen molar-refractivity contribution < 1.29 is 4.74 Å². The quantitative estimate of drug-likeness (QED) is 0.737. The number of rotatable bonds is 8. The zero-order valence-corrected chi connectivity index (χ0v) is 11.3. The van der Waals surface area contributed by atoms with Gasteiger partial charge in [-0.2, -0.15) is 0 Å². The molecule has 1 aromatic carbocycles. The van der Waals surface area contributed by atoms with Crippen LogP contribution in [0.25, 0.3) is 0 Å². The van der Waals surface area contributed by atoms with Gasteiger partial charge in [-0.25, -0.2) is 0 Å². The molecule has 0 amide bonds. The number of para-hydroxylation sites is 1. The number of unbranched alkanes of at least 4 members (excludes halogenated alkanes) is 1. The van der Waals surface area contributed by atoms with Crippen LogP contribution < -0.4 is 10.1 Å². The normalized spacial score (nSPS) is 12.4. The lowest BCUT2D eigenvalue weighted by atomic mass is 10.00. The molecule has 0 radical (unpaired) electrons. The SMILES string of the molecule is CCCCC(NCC)c1ccccc1OCC. The third-order valence-corrected chi connectivity index (χ3v) is 2.89. The molecule has 0 spiro atoms. The van der Waals surface area contributed by atoms with Crippen LogP contribution in [0.5, 0.6) is 5.75 Å². The summed E-state index contributed by atoms with van der Waals surface area (Å²) in [5, 5.41) is 3.55. The lowest BCUT2D eigenvalue weighted by Gasteiger charge is -2.21. The Kier molecular flexibility index (Phi) is 6.71. The minimum absolute atomic E-state index is 0.419. The maximum atomic E-state index is 5.70. The minimum Gasteiger partial charge on any atom is -0.494 e. The Morgan fingerprint density at radius 3 is 2.59 bits per heavy atom. The molecular weight excluding hydrogens is 210 g/mol. The van der Waals surface area contributed by atoms with Crippen molar-refractivity contribution in [3.05, 3.63) is 29.8 Å². The van der Waals surface area contributed by atoms with Crippen molar-refractivity contribution in [1.82, 2.24) is 5.32 Å². The van der Waals surface area contributed by atoms with Gasteiger partial charge in [0.1, 0.15) is 5.75 Å². The Labute approximate surface area is 105 Å². The van der Waals surface area contributed by atoms with Gasteiger partial charge < -0.3 is 10.1 Å². The molecule has 1 rings (SSSR count). The fourth-order valence-corrected chi connectivity index (χ4v) is 2.08. The van der Waals surface area contributed by atoms with E-state index < -0.39 is 0 Å². The highest BCUT2D eigenvalue weighted by Crippen LogP contribution is 2.28. The Balaban J connectivity index is 2.83. The topological polar surface area (TPSA) is 21.3 Å². The van der Waals surface area contributed by atoms with Crippen molar-refractivity contribution in [2.24, 2.45) is 0 Å². The summed E-state index contributed by atoms with van der Waals surface area (Å²) in [6, 6.07) is 8.79. The Morgan fingerprint density at radius 1 is 1.18 bits per heavy atom. The second-order valence-electron chi connectivity index (χ2n) is 4.22. The largest absolute Gasteiger partial charge is 0.494 e. The highest BCUT2D eigenvalue weighted by atomic mass is 16.5. The van der Waals surface area contributed by atoms with Gasteiger partial charge >= 0.3 is 0 Å². The summed E-state index contributed by atoms with van der Waals surface area (Å²) >= 11 is 0. The summed E-state index contributed by atoms with van der Waals surface area (Å²) in [5.41, 5.74) is 1.30. The average Bonchev–Trinajstić information content (AvgIpc) is 2.36. The molecule has 17 heavy (non-hydrogen) atoms. The van der Waals surface area contributed by atoms with Crippen molar-refractivity contribution in [3.8, 4) is 5.75 Å². The monoisotopic (exact) mass is 235 g/mol. The van der Waals surface area contributed by atoms with E-state index >= 15 is 0 Å². The molecule has 0 bridgehead atoms. The van der Waals surface area contributed by atoms with Crippen LogP contribution in [0.2, 0.25) is 0 Å². The first-order chi connectivity index (χ1) is 8.33. The van der Waals surface area contributed by atoms with Crippen molar-refractivity contribution in [2.75, 3.05) is 13.2 Å². The first-order valence-electron chi connectivity index (χ1n) is 6.78. The van der Waals surface area contributed by atoms with Gasteiger partial charge in [0.25, 0.3) is 0 Å². The van der Waals surface area contributed by atoms with E-state index in [1.54, 1.807) is 0 Å². The standard InChI is InChI=1S/C15H25NO/c1-4-7-11-14(16-5-2)13-10-8-9-12-15(13)17-6-3/h8-10,12,14,16H,4-7,11H2,1-3H3. The van der Waals surface area contributed by atoms with Crippen molar-refractivity contribution in [1.29, 1.82) is 0 Å². The third kappa shape index (κ3) is 4.39. The molecule has 0 aromatic heterocycles. The van der Waals surface area contributed by atoms with Gasteiger partial charge in [-0.3, -0.25) is 0 Å². The van der Waals surface area contributed by atoms with Crippen LogP contribution in [0.1, 0.15) is 51.6 Å². The van der Waals surface area contributed by atoms with Gasteiger partial charge in [0, 0.05) is 11.6 Å². The number of ether oxygens (including phenoxy) is 1. The summed E-state index contributed by atoms with van der Waals surface area (Å²) in [6.45, 7) is 8.14. The summed E-state index contributed by atoms with van der Waals surface area (Å²) in [6.07, 6.45) is 3.66. The zero-order chi connectivity index (χ0) is 12.5. The van der Waals surface area contributed by atoms with Gasteiger partial charge in [0.15, 0.2) is 0 Å². The maximum absolute atomic E-state index is 5.70. The second kappa shape index (κ2) is 8.13. The smallest absolute Gasteiger partial charge is 0.124 e. The molecule has 96 valence electrons. The molecule has 1 atom stereocenters. The third-order valence-electron chi connectivity index (χ3n) is 2.89. The summed E-state index contributed by atoms with van der Waals surface area (Å²) < 4.78 is 5.70. The minimum atomic E-state index is 0.419. The molecule has 0 saturated carbocycles. The summed E-state index contributed by atoms with van der Waals surface area (Å²) in [7, 11) is 0. The van der Waals surface area contributed by atoms with Crippen LogP contribution in [0.15, 0.2) is 24.3 Å². The van der Waals surface area contributed by atoms with Crippen LogP contribution in [0.3, 0.4) is 0 Å². The predicted octanol–water partition coefficient (Wildman–Crippen LogP) is 3.93. The van der Waals surface area contributed by atoms with E-state index in [-0.39, 0.29) is 0 Å². The van der Waals surface area contributed by atoms with E-state index in [0.717, 1.165) is 18.9 Å². The first-order valence-corrected chi connectivity index (χ1v) is 6.78. The number of nitrogens with one attached hydrogen (secondary N) is 1. The number of hydrogen-bond donors (Lipinski definition) is 1. The van der Waals surface area contributed by atoms with Gasteiger partial charge in [-0.05, 0) is 26.0 Å². The predicted molar refractivity (Wildman–Crippen MR) is 73.6 cm³/mol. The number of benzene rings is 1. The van der Waals surface area contributed by atoms with Gasteiger partial charge in [-0.15, -0.1) is 0 Å². The Hall–Kier alpha value is -1.02. The molecule has 1 aromatic rings. The molecule has 0 saturated heterocycles. The fourth-order valence-electron chi connectivity index (χ4n) is 2.08. The van der Waals surface area contributed by atoms with Crippen LogP contribution >= 0.6 is 0 Å².